The standard InChI is InChI=1S/C10H9FN2O2/c11-7-2-1-3-8-9(7)10(15)13(4-5-14)6-12-8/h1-3,6,14H,4-5H2. The number of hydrogen-bond acceptors (Lipinski definition) is 3. The lowest BCUT2D eigenvalue weighted by atomic mass is 10.2. The number of halogens is 1. The van der Waals surface area contributed by atoms with Gasteiger partial charge in [-0.05, 0) is 12.1 Å². The van der Waals surface area contributed by atoms with Gasteiger partial charge in [-0.3, -0.25) is 9.36 Å². The van der Waals surface area contributed by atoms with E-state index in [4.69, 9.17) is 5.11 Å². The topological polar surface area (TPSA) is 55.1 Å². The number of aliphatic hydroxyl groups excluding tert-OH is 1. The lowest BCUT2D eigenvalue weighted by Gasteiger charge is -2.04. The van der Waals surface area contributed by atoms with Crippen molar-refractivity contribution in [2.75, 3.05) is 6.61 Å². The highest BCUT2D eigenvalue weighted by Gasteiger charge is 2.07. The number of aromatic nitrogens is 2. The monoisotopic (exact) mass is 208 g/mol. The highest BCUT2D eigenvalue weighted by Crippen LogP contribution is 2.10. The average Bonchev–Trinajstić information content (AvgIpc) is 2.22. The van der Waals surface area contributed by atoms with Crippen molar-refractivity contribution in [2.24, 2.45) is 0 Å². The zero-order chi connectivity index (χ0) is 10.8. The molecule has 1 heterocycles. The van der Waals surface area contributed by atoms with Crippen molar-refractivity contribution in [3.63, 3.8) is 0 Å². The van der Waals surface area contributed by atoms with Gasteiger partial charge in [0.15, 0.2) is 0 Å². The van der Waals surface area contributed by atoms with Gasteiger partial charge in [-0.2, -0.15) is 0 Å². The van der Waals surface area contributed by atoms with Crippen molar-refractivity contribution >= 4 is 10.9 Å². The second kappa shape index (κ2) is 3.78. The zero-order valence-corrected chi connectivity index (χ0v) is 7.85. The molecule has 0 aliphatic heterocycles. The molecule has 4 nitrogen and oxygen atoms in total. The van der Waals surface area contributed by atoms with E-state index in [0.717, 1.165) is 0 Å². The first kappa shape index (κ1) is 9.79. The minimum absolute atomic E-state index is 0.0338. The molecule has 78 valence electrons. The van der Waals surface area contributed by atoms with Crippen LogP contribution in [-0.4, -0.2) is 21.3 Å². The lowest BCUT2D eigenvalue weighted by Crippen LogP contribution is -2.22. The Morgan fingerprint density at radius 2 is 2.27 bits per heavy atom. The summed E-state index contributed by atoms with van der Waals surface area (Å²) >= 11 is 0. The SMILES string of the molecule is O=c1c2c(F)cccc2ncn1CCO. The maximum Gasteiger partial charge on any atom is 0.264 e. The summed E-state index contributed by atoms with van der Waals surface area (Å²) in [6.07, 6.45) is 1.31. The third-order valence-corrected chi connectivity index (χ3v) is 2.14. The Morgan fingerprint density at radius 3 is 3.00 bits per heavy atom. The fourth-order valence-electron chi connectivity index (χ4n) is 1.43. The smallest absolute Gasteiger partial charge is 0.264 e. The van der Waals surface area contributed by atoms with Crippen LogP contribution in [0.4, 0.5) is 4.39 Å². The molecular formula is C10H9FN2O2. The van der Waals surface area contributed by atoms with Gasteiger partial charge in [-0.1, -0.05) is 6.07 Å². The van der Waals surface area contributed by atoms with Crippen LogP contribution in [-0.2, 0) is 6.54 Å². The van der Waals surface area contributed by atoms with Gasteiger partial charge in [0.2, 0.25) is 0 Å². The Labute approximate surface area is 84.6 Å². The van der Waals surface area contributed by atoms with Crippen LogP contribution in [0.15, 0.2) is 29.3 Å². The molecule has 0 saturated heterocycles. The quantitative estimate of drug-likeness (QED) is 0.783. The molecule has 0 radical (unpaired) electrons. The summed E-state index contributed by atoms with van der Waals surface area (Å²) in [5.74, 6) is -0.586. The molecule has 0 spiro atoms. The van der Waals surface area contributed by atoms with E-state index < -0.39 is 11.4 Å². The van der Waals surface area contributed by atoms with Gasteiger partial charge in [0.1, 0.15) is 11.2 Å². The number of aliphatic hydroxyl groups is 1. The molecule has 0 atom stereocenters. The van der Waals surface area contributed by atoms with E-state index in [9.17, 15) is 9.18 Å². The van der Waals surface area contributed by atoms with E-state index in [1.165, 1.54) is 23.0 Å². The molecule has 1 aromatic heterocycles. The van der Waals surface area contributed by atoms with Crippen molar-refractivity contribution < 1.29 is 9.50 Å². The normalized spacial score (nSPS) is 10.8. The Hall–Kier alpha value is -1.75. The van der Waals surface area contributed by atoms with Gasteiger partial charge in [-0.25, -0.2) is 9.37 Å². The van der Waals surface area contributed by atoms with Gasteiger partial charge < -0.3 is 5.11 Å². The van der Waals surface area contributed by atoms with Gasteiger partial charge in [0.25, 0.3) is 5.56 Å². The van der Waals surface area contributed by atoms with Crippen LogP contribution < -0.4 is 5.56 Å². The highest BCUT2D eigenvalue weighted by molar-refractivity contribution is 5.77. The molecule has 1 N–H and O–H groups in total. The molecule has 5 heteroatoms. The summed E-state index contributed by atoms with van der Waals surface area (Å²) in [5, 5.41) is 8.67. The van der Waals surface area contributed by atoms with Gasteiger partial charge in [-0.15, -0.1) is 0 Å². The lowest BCUT2D eigenvalue weighted by molar-refractivity contribution is 0.274. The molecule has 0 amide bonds. The Bertz CT molecular complexity index is 551. The fraction of sp³-hybridized carbons (Fsp3) is 0.200. The summed E-state index contributed by atoms with van der Waals surface area (Å²) < 4.78 is 14.5. The number of benzene rings is 1. The Balaban J connectivity index is 2.77. The van der Waals surface area contributed by atoms with Crippen LogP contribution in [0.5, 0.6) is 0 Å². The molecule has 0 aliphatic carbocycles. The van der Waals surface area contributed by atoms with Crippen molar-refractivity contribution in [1.29, 1.82) is 0 Å². The molecule has 15 heavy (non-hydrogen) atoms. The summed E-state index contributed by atoms with van der Waals surface area (Å²) in [7, 11) is 0. The minimum atomic E-state index is -0.586. The highest BCUT2D eigenvalue weighted by atomic mass is 19.1. The second-order valence-electron chi connectivity index (χ2n) is 3.10. The van der Waals surface area contributed by atoms with E-state index in [0.29, 0.717) is 5.52 Å². The van der Waals surface area contributed by atoms with Crippen LogP contribution in [0.1, 0.15) is 0 Å². The Kier molecular flexibility index (Phi) is 2.47. The summed E-state index contributed by atoms with van der Waals surface area (Å²) in [6.45, 7) is -0.0579. The average molecular weight is 208 g/mol. The van der Waals surface area contributed by atoms with E-state index in [2.05, 4.69) is 4.98 Å². The molecular weight excluding hydrogens is 199 g/mol. The van der Waals surface area contributed by atoms with Crippen LogP contribution in [0, 0.1) is 5.82 Å². The Morgan fingerprint density at radius 1 is 1.47 bits per heavy atom. The largest absolute Gasteiger partial charge is 0.395 e. The number of hydrogen-bond donors (Lipinski definition) is 1. The van der Waals surface area contributed by atoms with Gasteiger partial charge >= 0.3 is 0 Å². The van der Waals surface area contributed by atoms with Gasteiger partial charge in [0, 0.05) is 0 Å². The molecule has 2 rings (SSSR count). The number of fused-ring (bicyclic) bond motifs is 1. The van der Waals surface area contributed by atoms with E-state index in [1.54, 1.807) is 6.07 Å². The maximum absolute atomic E-state index is 13.4. The molecule has 0 fully saturated rings. The molecule has 2 aromatic rings. The summed E-state index contributed by atoms with van der Waals surface area (Å²) in [6, 6.07) is 4.29. The summed E-state index contributed by atoms with van der Waals surface area (Å²) in [4.78, 5) is 15.6. The first-order valence-electron chi connectivity index (χ1n) is 4.48. The van der Waals surface area contributed by atoms with Gasteiger partial charge in [0.05, 0.1) is 25.0 Å². The predicted molar refractivity (Wildman–Crippen MR) is 53.0 cm³/mol. The molecule has 0 bridgehead atoms. The number of nitrogens with zero attached hydrogens (tertiary/aromatic N) is 2. The van der Waals surface area contributed by atoms with E-state index in [-0.39, 0.29) is 18.5 Å². The molecule has 0 saturated carbocycles. The predicted octanol–water partition coefficient (Wildman–Crippen LogP) is 0.528. The van der Waals surface area contributed by atoms with Crippen LogP contribution in [0.2, 0.25) is 0 Å². The molecule has 1 aromatic carbocycles. The first-order valence-corrected chi connectivity index (χ1v) is 4.48. The van der Waals surface area contributed by atoms with Crippen LogP contribution in [0.25, 0.3) is 10.9 Å². The van der Waals surface area contributed by atoms with Crippen molar-refractivity contribution in [2.45, 2.75) is 6.54 Å². The molecule has 0 unspecified atom stereocenters. The number of rotatable bonds is 2. The summed E-state index contributed by atoms with van der Waals surface area (Å²) in [5.41, 5.74) is -0.138. The van der Waals surface area contributed by atoms with Crippen LogP contribution >= 0.6 is 0 Å². The first-order chi connectivity index (χ1) is 7.24. The fourth-order valence-corrected chi connectivity index (χ4v) is 1.43. The molecule has 0 aliphatic rings. The van der Waals surface area contributed by atoms with Crippen molar-refractivity contribution in [3.05, 3.63) is 40.7 Å². The second-order valence-corrected chi connectivity index (χ2v) is 3.10. The van der Waals surface area contributed by atoms with E-state index in [1.807, 2.05) is 0 Å². The van der Waals surface area contributed by atoms with Crippen LogP contribution in [0.3, 0.4) is 0 Å². The van der Waals surface area contributed by atoms with Crippen molar-refractivity contribution in [1.82, 2.24) is 9.55 Å². The maximum atomic E-state index is 13.4. The third kappa shape index (κ3) is 1.61. The van der Waals surface area contributed by atoms with Crippen molar-refractivity contribution in [3.8, 4) is 0 Å². The van der Waals surface area contributed by atoms with E-state index >= 15 is 0 Å². The zero-order valence-electron chi connectivity index (χ0n) is 7.85. The third-order valence-electron chi connectivity index (χ3n) is 2.14. The minimum Gasteiger partial charge on any atom is -0.395 e.